The van der Waals surface area contributed by atoms with Crippen LogP contribution in [0.15, 0.2) is 35.2 Å². The molecular weight excluding hydrogens is 323 g/mol. The minimum absolute atomic E-state index is 0.0654. The van der Waals surface area contributed by atoms with Crippen LogP contribution in [0.25, 0.3) is 16.8 Å². The Balaban J connectivity index is 2.33. The normalized spacial score (nSPS) is 11.2. The molecule has 2 heterocycles. The van der Waals surface area contributed by atoms with Crippen LogP contribution in [0.5, 0.6) is 0 Å². The summed E-state index contributed by atoms with van der Waals surface area (Å²) < 4.78 is 41.8. The lowest BCUT2D eigenvalue weighted by Crippen LogP contribution is -1.96. The maximum absolute atomic E-state index is 13.8. The van der Waals surface area contributed by atoms with E-state index in [1.807, 2.05) is 0 Å². The van der Waals surface area contributed by atoms with E-state index in [1.165, 1.54) is 10.6 Å². The standard InChI is InChI=1S/C12H5BrF3N3/c13-12-17-11-7(2-1-5-19(11)18-12)6-3-4-8(14)10(16)9(6)15/h1-5H. The summed E-state index contributed by atoms with van der Waals surface area (Å²) in [5, 5.41) is 4.00. The van der Waals surface area contributed by atoms with Gasteiger partial charge in [0.2, 0.25) is 4.73 Å². The molecule has 3 rings (SSSR count). The van der Waals surface area contributed by atoms with Gasteiger partial charge < -0.3 is 0 Å². The largest absolute Gasteiger partial charge is 0.219 e. The highest BCUT2D eigenvalue weighted by molar-refractivity contribution is 9.10. The summed E-state index contributed by atoms with van der Waals surface area (Å²) >= 11 is 3.11. The topological polar surface area (TPSA) is 30.2 Å². The number of benzene rings is 1. The van der Waals surface area contributed by atoms with Gasteiger partial charge in [0.25, 0.3) is 0 Å². The Morgan fingerprint density at radius 2 is 1.79 bits per heavy atom. The van der Waals surface area contributed by atoms with Crippen molar-refractivity contribution in [1.29, 1.82) is 0 Å². The van der Waals surface area contributed by atoms with Crippen molar-refractivity contribution in [3.8, 4) is 11.1 Å². The zero-order chi connectivity index (χ0) is 13.6. The first-order valence-electron chi connectivity index (χ1n) is 5.22. The molecule has 0 amide bonds. The molecule has 0 spiro atoms. The lowest BCUT2D eigenvalue weighted by molar-refractivity contribution is 0.449. The summed E-state index contributed by atoms with van der Waals surface area (Å²) in [5.41, 5.74) is 0.612. The Kier molecular flexibility index (Phi) is 2.78. The Morgan fingerprint density at radius 1 is 1.00 bits per heavy atom. The second-order valence-corrected chi connectivity index (χ2v) is 4.50. The van der Waals surface area contributed by atoms with Crippen molar-refractivity contribution in [3.05, 3.63) is 52.6 Å². The average molecular weight is 328 g/mol. The van der Waals surface area contributed by atoms with E-state index >= 15 is 0 Å². The van der Waals surface area contributed by atoms with Crippen molar-refractivity contribution in [2.45, 2.75) is 0 Å². The zero-order valence-electron chi connectivity index (χ0n) is 9.24. The van der Waals surface area contributed by atoms with E-state index in [-0.39, 0.29) is 5.56 Å². The van der Waals surface area contributed by atoms with Gasteiger partial charge in [0.1, 0.15) is 0 Å². The van der Waals surface area contributed by atoms with E-state index < -0.39 is 17.5 Å². The molecule has 3 aromatic rings. The summed E-state index contributed by atoms with van der Waals surface area (Å²) in [6, 6.07) is 5.23. The number of rotatable bonds is 1. The van der Waals surface area contributed by atoms with Gasteiger partial charge in [-0.05, 0) is 40.2 Å². The molecule has 0 bridgehead atoms. The van der Waals surface area contributed by atoms with Gasteiger partial charge in [0.05, 0.1) is 0 Å². The summed E-state index contributed by atoms with van der Waals surface area (Å²) in [6.45, 7) is 0. The molecule has 0 radical (unpaired) electrons. The van der Waals surface area contributed by atoms with Crippen molar-refractivity contribution in [2.75, 3.05) is 0 Å². The highest BCUT2D eigenvalue weighted by atomic mass is 79.9. The molecule has 0 aliphatic rings. The van der Waals surface area contributed by atoms with Gasteiger partial charge in [0, 0.05) is 17.3 Å². The SMILES string of the molecule is Fc1ccc(-c2cccn3nc(Br)nc23)c(F)c1F. The summed E-state index contributed by atoms with van der Waals surface area (Å²) in [4.78, 5) is 4.07. The van der Waals surface area contributed by atoms with Crippen LogP contribution >= 0.6 is 15.9 Å². The van der Waals surface area contributed by atoms with Crippen LogP contribution < -0.4 is 0 Å². The van der Waals surface area contributed by atoms with Crippen LogP contribution in [0.1, 0.15) is 0 Å². The number of nitrogens with zero attached hydrogens (tertiary/aromatic N) is 3. The molecule has 0 saturated heterocycles. The number of pyridine rings is 1. The third-order valence-corrected chi connectivity index (χ3v) is 3.00. The van der Waals surface area contributed by atoms with Crippen molar-refractivity contribution in [1.82, 2.24) is 14.6 Å². The Labute approximate surface area is 113 Å². The van der Waals surface area contributed by atoms with Crippen molar-refractivity contribution >= 4 is 21.6 Å². The summed E-state index contributed by atoms with van der Waals surface area (Å²) in [6.07, 6.45) is 1.62. The molecule has 0 aliphatic heterocycles. The molecule has 0 unspecified atom stereocenters. The molecule has 7 heteroatoms. The van der Waals surface area contributed by atoms with Crippen molar-refractivity contribution in [2.24, 2.45) is 0 Å². The molecule has 19 heavy (non-hydrogen) atoms. The number of halogens is 4. The van der Waals surface area contributed by atoms with Crippen LogP contribution in [0.4, 0.5) is 13.2 Å². The fraction of sp³-hybridized carbons (Fsp3) is 0. The van der Waals surface area contributed by atoms with E-state index in [0.717, 1.165) is 6.07 Å². The molecule has 0 N–H and O–H groups in total. The van der Waals surface area contributed by atoms with Gasteiger partial charge in [0.15, 0.2) is 23.1 Å². The smallest absolute Gasteiger partial charge is 0.218 e. The highest BCUT2D eigenvalue weighted by Gasteiger charge is 2.17. The first-order chi connectivity index (χ1) is 9.08. The van der Waals surface area contributed by atoms with Crippen LogP contribution in [-0.2, 0) is 0 Å². The number of fused-ring (bicyclic) bond motifs is 1. The third kappa shape index (κ3) is 1.90. The van der Waals surface area contributed by atoms with Gasteiger partial charge in [-0.3, -0.25) is 0 Å². The van der Waals surface area contributed by atoms with Gasteiger partial charge in [-0.1, -0.05) is 0 Å². The third-order valence-electron chi connectivity index (χ3n) is 2.66. The predicted octanol–water partition coefficient (Wildman–Crippen LogP) is 3.58. The van der Waals surface area contributed by atoms with Gasteiger partial charge in [-0.2, -0.15) is 0 Å². The van der Waals surface area contributed by atoms with Crippen LogP contribution in [0, 0.1) is 17.5 Å². The van der Waals surface area contributed by atoms with E-state index in [4.69, 9.17) is 0 Å². The zero-order valence-corrected chi connectivity index (χ0v) is 10.8. The van der Waals surface area contributed by atoms with E-state index in [0.29, 0.717) is 15.9 Å². The molecule has 0 aliphatic carbocycles. The molecule has 96 valence electrons. The van der Waals surface area contributed by atoms with E-state index in [9.17, 15) is 13.2 Å². The molecule has 3 nitrogen and oxygen atoms in total. The van der Waals surface area contributed by atoms with Crippen LogP contribution in [0.2, 0.25) is 0 Å². The lowest BCUT2D eigenvalue weighted by atomic mass is 10.1. The number of hydrogen-bond acceptors (Lipinski definition) is 2. The maximum Gasteiger partial charge on any atom is 0.218 e. The Morgan fingerprint density at radius 3 is 2.58 bits per heavy atom. The fourth-order valence-corrected chi connectivity index (χ4v) is 2.16. The maximum atomic E-state index is 13.8. The quantitative estimate of drug-likeness (QED) is 0.639. The van der Waals surface area contributed by atoms with Gasteiger partial charge >= 0.3 is 0 Å². The second kappa shape index (κ2) is 4.34. The van der Waals surface area contributed by atoms with Crippen LogP contribution in [0.3, 0.4) is 0 Å². The van der Waals surface area contributed by atoms with E-state index in [2.05, 4.69) is 26.0 Å². The van der Waals surface area contributed by atoms with Crippen molar-refractivity contribution in [3.63, 3.8) is 0 Å². The predicted molar refractivity (Wildman–Crippen MR) is 66.0 cm³/mol. The second-order valence-electron chi connectivity index (χ2n) is 3.79. The lowest BCUT2D eigenvalue weighted by Gasteiger charge is -2.05. The van der Waals surface area contributed by atoms with Crippen molar-refractivity contribution < 1.29 is 13.2 Å². The Hall–Kier alpha value is -1.89. The minimum Gasteiger partial charge on any atom is -0.219 e. The number of aromatic nitrogens is 3. The van der Waals surface area contributed by atoms with E-state index in [1.54, 1.807) is 18.3 Å². The molecule has 1 aromatic carbocycles. The highest BCUT2D eigenvalue weighted by Crippen LogP contribution is 2.28. The molecule has 2 aromatic heterocycles. The number of hydrogen-bond donors (Lipinski definition) is 0. The first-order valence-corrected chi connectivity index (χ1v) is 6.02. The molecule has 0 atom stereocenters. The Bertz CT molecular complexity index is 785. The average Bonchev–Trinajstić information content (AvgIpc) is 2.76. The van der Waals surface area contributed by atoms with Crippen LogP contribution in [-0.4, -0.2) is 14.6 Å². The van der Waals surface area contributed by atoms with Gasteiger partial charge in [-0.15, -0.1) is 5.10 Å². The molecule has 0 saturated carbocycles. The van der Waals surface area contributed by atoms with Gasteiger partial charge in [-0.25, -0.2) is 22.7 Å². The monoisotopic (exact) mass is 327 g/mol. The molecular formula is C12H5BrF3N3. The molecule has 0 fully saturated rings. The summed E-state index contributed by atoms with van der Waals surface area (Å²) in [7, 11) is 0. The minimum atomic E-state index is -1.50. The summed E-state index contributed by atoms with van der Waals surface area (Å²) in [5.74, 6) is -3.97. The first kappa shape index (κ1) is 12.2. The fourth-order valence-electron chi connectivity index (χ4n) is 1.82.